The molecule has 0 N–H and O–H groups in total. The summed E-state index contributed by atoms with van der Waals surface area (Å²) in [6, 6.07) is 8.40. The van der Waals surface area contributed by atoms with Crippen molar-refractivity contribution in [2.24, 2.45) is 0 Å². The lowest BCUT2D eigenvalue weighted by Gasteiger charge is -2.40. The van der Waals surface area contributed by atoms with Gasteiger partial charge in [-0.25, -0.2) is 15.0 Å². The predicted octanol–water partition coefficient (Wildman–Crippen LogP) is 1.90. The number of aromatic nitrogens is 3. The molecule has 1 fully saturated rings. The molecule has 0 aliphatic carbocycles. The van der Waals surface area contributed by atoms with E-state index in [0.29, 0.717) is 11.9 Å². The van der Waals surface area contributed by atoms with Crippen molar-refractivity contribution in [3.8, 4) is 5.88 Å². The van der Waals surface area contributed by atoms with Crippen molar-refractivity contribution < 1.29 is 4.74 Å². The molecule has 2 aromatic heterocycles. The van der Waals surface area contributed by atoms with Crippen LogP contribution in [0.1, 0.15) is 18.3 Å². The smallest absolute Gasteiger partial charge is 0.213 e. The Hall–Kier alpha value is -2.21. The van der Waals surface area contributed by atoms with Gasteiger partial charge in [-0.05, 0) is 19.9 Å². The molecular weight excluding hydrogens is 290 g/mol. The second-order valence-corrected chi connectivity index (χ2v) is 5.95. The minimum absolute atomic E-state index is 0.437. The fourth-order valence-electron chi connectivity index (χ4n) is 2.92. The van der Waals surface area contributed by atoms with Crippen LogP contribution in [-0.2, 0) is 6.54 Å². The summed E-state index contributed by atoms with van der Waals surface area (Å²) in [6.45, 7) is 8.00. The summed E-state index contributed by atoms with van der Waals surface area (Å²) in [5, 5.41) is 0. The first-order valence-electron chi connectivity index (χ1n) is 7.93. The first kappa shape index (κ1) is 15.7. The van der Waals surface area contributed by atoms with Crippen molar-refractivity contribution in [1.29, 1.82) is 0 Å². The van der Waals surface area contributed by atoms with Crippen LogP contribution in [0.3, 0.4) is 0 Å². The van der Waals surface area contributed by atoms with Gasteiger partial charge in [-0.15, -0.1) is 0 Å². The Morgan fingerprint density at radius 2 is 2.13 bits per heavy atom. The van der Waals surface area contributed by atoms with Crippen LogP contribution in [0.4, 0.5) is 5.82 Å². The van der Waals surface area contributed by atoms with E-state index in [9.17, 15) is 0 Å². The third-order valence-corrected chi connectivity index (χ3v) is 4.23. The number of rotatable bonds is 4. The molecule has 6 nitrogen and oxygen atoms in total. The van der Waals surface area contributed by atoms with Crippen LogP contribution in [0.15, 0.2) is 30.6 Å². The largest absolute Gasteiger partial charge is 0.481 e. The van der Waals surface area contributed by atoms with E-state index in [1.807, 2.05) is 25.1 Å². The molecule has 0 spiro atoms. The summed E-state index contributed by atoms with van der Waals surface area (Å²) >= 11 is 0. The summed E-state index contributed by atoms with van der Waals surface area (Å²) in [4.78, 5) is 17.9. The molecule has 6 heteroatoms. The third-order valence-electron chi connectivity index (χ3n) is 4.23. The van der Waals surface area contributed by atoms with Gasteiger partial charge in [0.2, 0.25) is 5.88 Å². The summed E-state index contributed by atoms with van der Waals surface area (Å²) in [5.74, 6) is 1.69. The number of aryl methyl sites for hydroxylation is 1. The van der Waals surface area contributed by atoms with Gasteiger partial charge >= 0.3 is 0 Å². The molecule has 1 unspecified atom stereocenters. The number of piperazine rings is 1. The zero-order valence-electron chi connectivity index (χ0n) is 13.9. The van der Waals surface area contributed by atoms with Crippen LogP contribution < -0.4 is 9.64 Å². The number of anilines is 1. The van der Waals surface area contributed by atoms with Gasteiger partial charge in [-0.3, -0.25) is 4.90 Å². The molecule has 122 valence electrons. The van der Waals surface area contributed by atoms with Gasteiger partial charge in [0.15, 0.2) is 0 Å². The lowest BCUT2D eigenvalue weighted by molar-refractivity contribution is 0.178. The van der Waals surface area contributed by atoms with Crippen LogP contribution in [0.5, 0.6) is 5.88 Å². The molecule has 0 amide bonds. The van der Waals surface area contributed by atoms with Gasteiger partial charge in [0.25, 0.3) is 0 Å². The molecule has 0 aromatic carbocycles. The SMILES string of the molecule is COc1cccc(CN2CCN(c3cc(C)ncn3)CC2C)n1. The standard InChI is InChI=1S/C17H23N5O/c1-13-9-16(19-12-18-13)22-8-7-21(14(2)10-22)11-15-5-4-6-17(20-15)23-3/h4-6,9,12,14H,7-8,10-11H2,1-3H3. The van der Waals surface area contributed by atoms with E-state index in [0.717, 1.165) is 43.4 Å². The highest BCUT2D eigenvalue weighted by Crippen LogP contribution is 2.19. The maximum Gasteiger partial charge on any atom is 0.213 e. The monoisotopic (exact) mass is 313 g/mol. The van der Waals surface area contributed by atoms with E-state index >= 15 is 0 Å². The molecule has 1 atom stereocenters. The number of methoxy groups -OCH3 is 1. The van der Waals surface area contributed by atoms with Crippen LogP contribution in [-0.4, -0.2) is 52.6 Å². The highest BCUT2D eigenvalue weighted by Gasteiger charge is 2.25. The van der Waals surface area contributed by atoms with Crippen molar-refractivity contribution in [1.82, 2.24) is 19.9 Å². The number of pyridine rings is 1. The number of ether oxygens (including phenoxy) is 1. The van der Waals surface area contributed by atoms with Crippen molar-refractivity contribution >= 4 is 5.82 Å². The summed E-state index contributed by atoms with van der Waals surface area (Å²) in [5.41, 5.74) is 2.05. The van der Waals surface area contributed by atoms with Gasteiger partial charge in [0.05, 0.1) is 12.8 Å². The van der Waals surface area contributed by atoms with E-state index in [1.54, 1.807) is 13.4 Å². The average molecular weight is 313 g/mol. The van der Waals surface area contributed by atoms with Gasteiger partial charge in [0, 0.05) is 50.0 Å². The Labute approximate surface area is 137 Å². The predicted molar refractivity (Wildman–Crippen MR) is 89.6 cm³/mol. The number of nitrogens with zero attached hydrogens (tertiary/aromatic N) is 5. The zero-order chi connectivity index (χ0) is 16.2. The van der Waals surface area contributed by atoms with Gasteiger partial charge < -0.3 is 9.64 Å². The third kappa shape index (κ3) is 3.76. The molecule has 23 heavy (non-hydrogen) atoms. The molecule has 1 aliphatic heterocycles. The Bertz CT molecular complexity index is 663. The molecular formula is C17H23N5O. The zero-order valence-corrected chi connectivity index (χ0v) is 13.9. The van der Waals surface area contributed by atoms with Crippen molar-refractivity contribution in [2.75, 3.05) is 31.6 Å². The second kappa shape index (κ2) is 6.91. The molecule has 0 saturated carbocycles. The van der Waals surface area contributed by atoms with Gasteiger partial charge in [-0.1, -0.05) is 6.07 Å². The highest BCUT2D eigenvalue weighted by atomic mass is 16.5. The molecule has 3 rings (SSSR count). The summed E-state index contributed by atoms with van der Waals surface area (Å²) < 4.78 is 5.20. The normalized spacial score (nSPS) is 18.9. The summed E-state index contributed by atoms with van der Waals surface area (Å²) in [6.07, 6.45) is 1.64. The minimum atomic E-state index is 0.437. The lowest BCUT2D eigenvalue weighted by Crippen LogP contribution is -2.51. The van der Waals surface area contributed by atoms with E-state index < -0.39 is 0 Å². The van der Waals surface area contributed by atoms with Crippen molar-refractivity contribution in [2.45, 2.75) is 26.4 Å². The first-order valence-corrected chi connectivity index (χ1v) is 7.93. The average Bonchev–Trinajstić information content (AvgIpc) is 2.57. The molecule has 3 heterocycles. The molecule has 0 radical (unpaired) electrons. The maximum absolute atomic E-state index is 5.20. The number of hydrogen-bond acceptors (Lipinski definition) is 6. The highest BCUT2D eigenvalue weighted by molar-refractivity contribution is 5.39. The van der Waals surface area contributed by atoms with Crippen molar-refractivity contribution in [3.63, 3.8) is 0 Å². The van der Waals surface area contributed by atoms with Crippen molar-refractivity contribution in [3.05, 3.63) is 42.0 Å². The molecule has 1 saturated heterocycles. The quantitative estimate of drug-likeness (QED) is 0.859. The van der Waals surface area contributed by atoms with Crippen LogP contribution in [0, 0.1) is 6.92 Å². The van der Waals surface area contributed by atoms with E-state index in [1.165, 1.54) is 0 Å². The van der Waals surface area contributed by atoms with E-state index in [2.05, 4.69) is 37.7 Å². The topological polar surface area (TPSA) is 54.4 Å². The Balaban J connectivity index is 1.64. The van der Waals surface area contributed by atoms with Crippen LogP contribution >= 0.6 is 0 Å². The number of hydrogen-bond donors (Lipinski definition) is 0. The maximum atomic E-state index is 5.20. The molecule has 1 aliphatic rings. The van der Waals surface area contributed by atoms with Gasteiger partial charge in [0.1, 0.15) is 12.1 Å². The fourth-order valence-corrected chi connectivity index (χ4v) is 2.92. The Morgan fingerprint density at radius 1 is 1.26 bits per heavy atom. The van der Waals surface area contributed by atoms with Crippen LogP contribution in [0.2, 0.25) is 0 Å². The summed E-state index contributed by atoms with van der Waals surface area (Å²) in [7, 11) is 1.65. The van der Waals surface area contributed by atoms with E-state index in [-0.39, 0.29) is 0 Å². The second-order valence-electron chi connectivity index (χ2n) is 5.95. The van der Waals surface area contributed by atoms with Crippen LogP contribution in [0.25, 0.3) is 0 Å². The lowest BCUT2D eigenvalue weighted by atomic mass is 10.1. The molecule has 0 bridgehead atoms. The van der Waals surface area contributed by atoms with E-state index in [4.69, 9.17) is 4.74 Å². The fraction of sp³-hybridized carbons (Fsp3) is 0.471. The molecule has 2 aromatic rings. The Morgan fingerprint density at radius 3 is 2.87 bits per heavy atom. The first-order chi connectivity index (χ1) is 11.2. The van der Waals surface area contributed by atoms with Gasteiger partial charge in [-0.2, -0.15) is 0 Å². The Kier molecular flexibility index (Phi) is 4.71. The minimum Gasteiger partial charge on any atom is -0.481 e.